The molecule has 0 saturated carbocycles. The van der Waals surface area contributed by atoms with Crippen LogP contribution in [0.15, 0.2) is 24.3 Å². The lowest BCUT2D eigenvalue weighted by Gasteiger charge is -2.11. The second-order valence-corrected chi connectivity index (χ2v) is 3.70. The number of aliphatic hydroxyl groups excluding tert-OH is 1. The monoisotopic (exact) mass is 222 g/mol. The smallest absolute Gasteiger partial charge is 0.237 e. The summed E-state index contributed by atoms with van der Waals surface area (Å²) in [6.07, 6.45) is 0. The number of benzene rings is 1. The Labute approximate surface area is 95.7 Å². The van der Waals surface area contributed by atoms with E-state index in [2.05, 4.69) is 10.6 Å². The zero-order valence-corrected chi connectivity index (χ0v) is 9.66. The third kappa shape index (κ3) is 3.64. The summed E-state index contributed by atoms with van der Waals surface area (Å²) in [6, 6.07) is 7.31. The Balaban J connectivity index is 2.45. The molecule has 1 rings (SSSR count). The van der Waals surface area contributed by atoms with Crippen LogP contribution < -0.4 is 10.6 Å². The predicted octanol–water partition coefficient (Wildman–Crippen LogP) is 0.403. The fourth-order valence-corrected chi connectivity index (χ4v) is 1.24. The first kappa shape index (κ1) is 12.7. The fourth-order valence-electron chi connectivity index (χ4n) is 1.24. The van der Waals surface area contributed by atoms with Gasteiger partial charge in [-0.15, -0.1) is 0 Å². The summed E-state index contributed by atoms with van der Waals surface area (Å²) in [6.45, 7) is 2.37. The lowest BCUT2D eigenvalue weighted by Crippen LogP contribution is -2.39. The average Bonchev–Trinajstić information content (AvgIpc) is 2.35. The lowest BCUT2D eigenvalue weighted by atomic mass is 10.1. The van der Waals surface area contributed by atoms with Gasteiger partial charge in [-0.2, -0.15) is 0 Å². The molecular weight excluding hydrogens is 204 g/mol. The topological polar surface area (TPSA) is 61.4 Å². The number of amides is 1. The Hall–Kier alpha value is -1.39. The van der Waals surface area contributed by atoms with Crippen LogP contribution in [0.25, 0.3) is 0 Å². The number of carbonyl (C=O) groups excluding carboxylic acids is 1. The fraction of sp³-hybridized carbons (Fsp3) is 0.417. The molecule has 0 aliphatic heterocycles. The van der Waals surface area contributed by atoms with Gasteiger partial charge in [-0.3, -0.25) is 4.79 Å². The molecule has 0 radical (unpaired) electrons. The minimum absolute atomic E-state index is 0.0197. The van der Waals surface area contributed by atoms with E-state index < -0.39 is 0 Å². The van der Waals surface area contributed by atoms with E-state index in [1.165, 1.54) is 0 Å². The van der Waals surface area contributed by atoms with Gasteiger partial charge >= 0.3 is 0 Å². The normalized spacial score (nSPS) is 12.2. The van der Waals surface area contributed by atoms with E-state index in [0.717, 1.165) is 11.1 Å². The Morgan fingerprint density at radius 1 is 1.31 bits per heavy atom. The number of aliphatic hydroxyl groups is 1. The zero-order valence-electron chi connectivity index (χ0n) is 9.66. The third-order valence-electron chi connectivity index (χ3n) is 2.50. The van der Waals surface area contributed by atoms with E-state index in [1.54, 1.807) is 7.05 Å². The molecule has 88 valence electrons. The van der Waals surface area contributed by atoms with Crippen LogP contribution in [0.5, 0.6) is 0 Å². The van der Waals surface area contributed by atoms with Gasteiger partial charge in [0.2, 0.25) is 5.91 Å². The largest absolute Gasteiger partial charge is 0.392 e. The van der Waals surface area contributed by atoms with Crippen molar-refractivity contribution in [2.75, 3.05) is 7.05 Å². The molecule has 1 aromatic carbocycles. The van der Waals surface area contributed by atoms with Crippen LogP contribution >= 0.6 is 0 Å². The molecule has 0 aromatic heterocycles. The molecule has 0 saturated heterocycles. The average molecular weight is 222 g/mol. The molecule has 0 heterocycles. The number of likely N-dealkylation sites (N-methyl/N-ethyl adjacent to an activating group) is 1. The molecule has 0 aliphatic rings. The highest BCUT2D eigenvalue weighted by molar-refractivity contribution is 5.81. The summed E-state index contributed by atoms with van der Waals surface area (Å²) in [5, 5.41) is 14.6. The Morgan fingerprint density at radius 3 is 2.38 bits per heavy atom. The van der Waals surface area contributed by atoms with Crippen molar-refractivity contribution in [2.24, 2.45) is 0 Å². The molecule has 4 nitrogen and oxygen atoms in total. The van der Waals surface area contributed by atoms with Crippen molar-refractivity contribution in [3.63, 3.8) is 0 Å². The molecule has 3 N–H and O–H groups in total. The van der Waals surface area contributed by atoms with Crippen molar-refractivity contribution in [1.82, 2.24) is 10.6 Å². The minimum atomic E-state index is -0.184. The Bertz CT molecular complexity index is 335. The minimum Gasteiger partial charge on any atom is -0.392 e. The second kappa shape index (κ2) is 6.25. The lowest BCUT2D eigenvalue weighted by molar-refractivity contribution is -0.122. The van der Waals surface area contributed by atoms with Crippen LogP contribution in [0, 0.1) is 0 Å². The summed E-state index contributed by atoms with van der Waals surface area (Å²) in [5.74, 6) is -0.0197. The Morgan fingerprint density at radius 2 is 1.88 bits per heavy atom. The number of nitrogens with one attached hydrogen (secondary N) is 2. The standard InChI is InChI=1S/C12H18N2O2/c1-9(13-2)12(16)14-7-10-3-5-11(8-15)6-4-10/h3-6,9,13,15H,7-8H2,1-2H3,(H,14,16). The van der Waals surface area contributed by atoms with Crippen LogP contribution in [0.4, 0.5) is 0 Å². The van der Waals surface area contributed by atoms with Crippen LogP contribution in [-0.2, 0) is 17.9 Å². The summed E-state index contributed by atoms with van der Waals surface area (Å²) in [7, 11) is 1.75. The molecule has 0 fully saturated rings. The van der Waals surface area contributed by atoms with Crippen LogP contribution in [-0.4, -0.2) is 24.1 Å². The Kier molecular flexibility index (Phi) is 4.95. The van der Waals surface area contributed by atoms with E-state index in [4.69, 9.17) is 5.11 Å². The van der Waals surface area contributed by atoms with E-state index >= 15 is 0 Å². The first-order valence-corrected chi connectivity index (χ1v) is 5.31. The molecule has 4 heteroatoms. The van der Waals surface area contributed by atoms with Gasteiger partial charge in [0.25, 0.3) is 0 Å². The number of carbonyl (C=O) groups is 1. The summed E-state index contributed by atoms with van der Waals surface area (Å²) < 4.78 is 0. The SMILES string of the molecule is CNC(C)C(=O)NCc1ccc(CO)cc1. The molecule has 16 heavy (non-hydrogen) atoms. The van der Waals surface area contributed by atoms with Crippen LogP contribution in [0.1, 0.15) is 18.1 Å². The van der Waals surface area contributed by atoms with E-state index in [9.17, 15) is 4.79 Å². The number of hydrogen-bond acceptors (Lipinski definition) is 3. The van der Waals surface area contributed by atoms with Gasteiger partial charge in [0.15, 0.2) is 0 Å². The van der Waals surface area contributed by atoms with Crippen molar-refractivity contribution in [3.8, 4) is 0 Å². The second-order valence-electron chi connectivity index (χ2n) is 3.70. The number of hydrogen-bond donors (Lipinski definition) is 3. The zero-order chi connectivity index (χ0) is 12.0. The maximum atomic E-state index is 11.5. The molecule has 0 aliphatic carbocycles. The molecule has 1 aromatic rings. The summed E-state index contributed by atoms with van der Waals surface area (Å²) in [4.78, 5) is 11.5. The quantitative estimate of drug-likeness (QED) is 0.676. The molecule has 0 bridgehead atoms. The van der Waals surface area contributed by atoms with Gasteiger partial charge in [-0.25, -0.2) is 0 Å². The van der Waals surface area contributed by atoms with Gasteiger partial charge in [-0.05, 0) is 25.1 Å². The van der Waals surface area contributed by atoms with Gasteiger partial charge in [-0.1, -0.05) is 24.3 Å². The first-order valence-electron chi connectivity index (χ1n) is 5.31. The molecule has 0 spiro atoms. The first-order chi connectivity index (χ1) is 7.67. The van der Waals surface area contributed by atoms with Crippen LogP contribution in [0.2, 0.25) is 0 Å². The van der Waals surface area contributed by atoms with Gasteiger partial charge in [0.05, 0.1) is 12.6 Å². The van der Waals surface area contributed by atoms with Gasteiger partial charge < -0.3 is 15.7 Å². The highest BCUT2D eigenvalue weighted by Crippen LogP contribution is 2.03. The maximum absolute atomic E-state index is 11.5. The van der Waals surface area contributed by atoms with E-state index in [1.807, 2.05) is 31.2 Å². The van der Waals surface area contributed by atoms with E-state index in [0.29, 0.717) is 6.54 Å². The van der Waals surface area contributed by atoms with Crippen molar-refractivity contribution in [2.45, 2.75) is 26.1 Å². The third-order valence-corrected chi connectivity index (χ3v) is 2.50. The van der Waals surface area contributed by atoms with E-state index in [-0.39, 0.29) is 18.6 Å². The van der Waals surface area contributed by atoms with Crippen molar-refractivity contribution >= 4 is 5.91 Å². The highest BCUT2D eigenvalue weighted by Gasteiger charge is 2.08. The highest BCUT2D eigenvalue weighted by atomic mass is 16.3. The van der Waals surface area contributed by atoms with Crippen molar-refractivity contribution < 1.29 is 9.90 Å². The summed E-state index contributed by atoms with van der Waals surface area (Å²) >= 11 is 0. The van der Waals surface area contributed by atoms with Gasteiger partial charge in [0.1, 0.15) is 0 Å². The van der Waals surface area contributed by atoms with Crippen molar-refractivity contribution in [1.29, 1.82) is 0 Å². The molecule has 1 unspecified atom stereocenters. The molecular formula is C12H18N2O2. The predicted molar refractivity (Wildman–Crippen MR) is 62.7 cm³/mol. The van der Waals surface area contributed by atoms with Crippen LogP contribution in [0.3, 0.4) is 0 Å². The maximum Gasteiger partial charge on any atom is 0.237 e. The van der Waals surface area contributed by atoms with Gasteiger partial charge in [0, 0.05) is 6.54 Å². The number of rotatable bonds is 5. The summed E-state index contributed by atoms with van der Waals surface area (Å²) in [5.41, 5.74) is 1.90. The van der Waals surface area contributed by atoms with Crippen molar-refractivity contribution in [3.05, 3.63) is 35.4 Å². The molecule has 1 amide bonds. The molecule has 1 atom stereocenters.